The minimum absolute atomic E-state index is 0.179. The van der Waals surface area contributed by atoms with Gasteiger partial charge in [-0.05, 0) is 44.2 Å². The van der Waals surface area contributed by atoms with Crippen molar-refractivity contribution in [2.75, 3.05) is 18.7 Å². The van der Waals surface area contributed by atoms with E-state index in [2.05, 4.69) is 10.3 Å². The van der Waals surface area contributed by atoms with Gasteiger partial charge in [0.25, 0.3) is 5.91 Å². The van der Waals surface area contributed by atoms with Crippen LogP contribution < -0.4 is 14.8 Å². The number of amides is 1. The van der Waals surface area contributed by atoms with E-state index in [1.165, 1.54) is 0 Å². The first-order chi connectivity index (χ1) is 16.0. The van der Waals surface area contributed by atoms with Crippen molar-refractivity contribution in [3.63, 3.8) is 0 Å². The number of fused-ring (bicyclic) bond motifs is 2. The summed E-state index contributed by atoms with van der Waals surface area (Å²) < 4.78 is 15.9. The molecule has 9 heteroatoms. The summed E-state index contributed by atoms with van der Waals surface area (Å²) in [5.41, 5.74) is 3.06. The van der Waals surface area contributed by atoms with Gasteiger partial charge in [-0.15, -0.1) is 0 Å². The number of esters is 1. The smallest absolute Gasteiger partial charge is 0.350 e. The van der Waals surface area contributed by atoms with Gasteiger partial charge in [0.2, 0.25) is 6.79 Å². The third-order valence-electron chi connectivity index (χ3n) is 5.11. The second kappa shape index (κ2) is 8.51. The second-order valence-corrected chi connectivity index (χ2v) is 8.25. The summed E-state index contributed by atoms with van der Waals surface area (Å²) >= 11 is 1.09. The quantitative estimate of drug-likeness (QED) is 0.425. The van der Waals surface area contributed by atoms with E-state index in [9.17, 15) is 9.59 Å². The highest BCUT2D eigenvalue weighted by atomic mass is 32.1. The zero-order valence-electron chi connectivity index (χ0n) is 17.9. The normalized spacial score (nSPS) is 12.1. The molecule has 0 bridgehead atoms. The lowest BCUT2D eigenvalue weighted by Gasteiger charge is -2.10. The highest BCUT2D eigenvalue weighted by Crippen LogP contribution is 2.36. The Bertz CT molecular complexity index is 1400. The highest BCUT2D eigenvalue weighted by molar-refractivity contribution is 7.17. The van der Waals surface area contributed by atoms with Gasteiger partial charge < -0.3 is 14.2 Å². The summed E-state index contributed by atoms with van der Waals surface area (Å²) in [4.78, 5) is 34.8. The van der Waals surface area contributed by atoms with E-state index in [1.54, 1.807) is 19.9 Å². The maximum atomic E-state index is 13.3. The van der Waals surface area contributed by atoms with Gasteiger partial charge in [-0.25, -0.2) is 14.8 Å². The van der Waals surface area contributed by atoms with Crippen molar-refractivity contribution >= 4 is 39.2 Å². The molecule has 4 aromatic rings. The Kier molecular flexibility index (Phi) is 5.39. The van der Waals surface area contributed by atoms with Crippen molar-refractivity contribution in [3.8, 4) is 22.8 Å². The molecule has 1 N–H and O–H groups in total. The fraction of sp³-hybridized carbons (Fsp3) is 0.167. The number of benzene rings is 2. The third-order valence-corrected chi connectivity index (χ3v) is 6.16. The Hall–Kier alpha value is -3.98. The number of carbonyl (C=O) groups excluding carboxylic acids is 2. The van der Waals surface area contributed by atoms with Crippen LogP contribution in [0.1, 0.15) is 32.6 Å². The average Bonchev–Trinajstić information content (AvgIpc) is 3.44. The molecule has 0 fully saturated rings. The van der Waals surface area contributed by atoms with Gasteiger partial charge in [-0.2, -0.15) is 0 Å². The number of thiazole rings is 1. The van der Waals surface area contributed by atoms with Gasteiger partial charge in [-0.1, -0.05) is 29.5 Å². The Labute approximate surface area is 193 Å². The van der Waals surface area contributed by atoms with Crippen molar-refractivity contribution in [3.05, 3.63) is 64.7 Å². The number of pyridine rings is 1. The molecule has 166 valence electrons. The minimum atomic E-state index is -0.451. The molecule has 5 rings (SSSR count). The van der Waals surface area contributed by atoms with Gasteiger partial charge in [0.05, 0.1) is 29.1 Å². The molecule has 1 aliphatic rings. The zero-order valence-corrected chi connectivity index (χ0v) is 18.7. The maximum absolute atomic E-state index is 13.3. The topological polar surface area (TPSA) is 99.6 Å². The Balaban J connectivity index is 1.52. The Morgan fingerprint density at radius 2 is 1.91 bits per heavy atom. The van der Waals surface area contributed by atoms with Gasteiger partial charge in [0.1, 0.15) is 4.88 Å². The third kappa shape index (κ3) is 3.98. The molecular weight excluding hydrogens is 442 g/mol. The SMILES string of the molecule is CCOC(=O)c1sc(NC(=O)c2cc(-c3ccc4c(c3)OCO4)nc3ccccc23)nc1C. The number of aromatic nitrogens is 2. The molecule has 0 unspecified atom stereocenters. The predicted octanol–water partition coefficient (Wildman–Crippen LogP) is 4.82. The van der Waals surface area contributed by atoms with Crippen molar-refractivity contribution in [2.45, 2.75) is 13.8 Å². The summed E-state index contributed by atoms with van der Waals surface area (Å²) in [5, 5.41) is 3.85. The number of nitrogens with zero attached hydrogens (tertiary/aromatic N) is 2. The maximum Gasteiger partial charge on any atom is 0.350 e. The van der Waals surface area contributed by atoms with Gasteiger partial charge in [0, 0.05) is 10.9 Å². The monoisotopic (exact) mass is 461 g/mol. The van der Waals surface area contributed by atoms with E-state index >= 15 is 0 Å². The first-order valence-electron chi connectivity index (χ1n) is 10.3. The van der Waals surface area contributed by atoms with Gasteiger partial charge in [-0.3, -0.25) is 10.1 Å². The van der Waals surface area contributed by atoms with E-state index in [-0.39, 0.29) is 19.3 Å². The van der Waals surface area contributed by atoms with Crippen LogP contribution in [0.15, 0.2) is 48.5 Å². The summed E-state index contributed by atoms with van der Waals surface area (Å²) in [7, 11) is 0. The molecule has 1 aliphatic heterocycles. The van der Waals surface area contributed by atoms with Crippen LogP contribution >= 0.6 is 11.3 Å². The molecular formula is C24H19N3O5S. The van der Waals surface area contributed by atoms with Gasteiger partial charge >= 0.3 is 5.97 Å². The van der Waals surface area contributed by atoms with E-state index in [4.69, 9.17) is 19.2 Å². The largest absolute Gasteiger partial charge is 0.462 e. The number of hydrogen-bond acceptors (Lipinski definition) is 8. The number of aryl methyl sites for hydroxylation is 1. The van der Waals surface area contributed by atoms with E-state index in [1.807, 2.05) is 42.5 Å². The Morgan fingerprint density at radius 3 is 2.76 bits per heavy atom. The summed E-state index contributed by atoms with van der Waals surface area (Å²) in [6.45, 7) is 3.89. The molecule has 2 aromatic carbocycles. The van der Waals surface area contributed by atoms with Crippen molar-refractivity contribution in [2.24, 2.45) is 0 Å². The number of hydrogen-bond donors (Lipinski definition) is 1. The van der Waals surface area contributed by atoms with Gasteiger partial charge in [0.15, 0.2) is 16.6 Å². The molecule has 0 atom stereocenters. The number of ether oxygens (including phenoxy) is 3. The number of nitrogens with one attached hydrogen (secondary N) is 1. The highest BCUT2D eigenvalue weighted by Gasteiger charge is 2.21. The van der Waals surface area contributed by atoms with E-state index in [0.717, 1.165) is 16.9 Å². The molecule has 0 saturated heterocycles. The van der Waals surface area contributed by atoms with Crippen LogP contribution in [0.4, 0.5) is 5.13 Å². The zero-order chi connectivity index (χ0) is 22.9. The molecule has 1 amide bonds. The number of rotatable bonds is 5. The lowest BCUT2D eigenvalue weighted by atomic mass is 10.0. The number of carbonyl (C=O) groups is 2. The second-order valence-electron chi connectivity index (χ2n) is 7.25. The summed E-state index contributed by atoms with van der Waals surface area (Å²) in [5.74, 6) is 0.513. The molecule has 0 aliphatic carbocycles. The standard InChI is InChI=1S/C24H19N3O5S/c1-3-30-23(29)21-13(2)25-24(33-21)27-22(28)16-11-18(26-17-7-5-4-6-15(16)17)14-8-9-19-20(10-14)32-12-31-19/h4-11H,3,12H2,1-2H3,(H,25,27,28). The average molecular weight is 461 g/mol. The molecule has 2 aromatic heterocycles. The van der Waals surface area contributed by atoms with Crippen LogP contribution in [0.5, 0.6) is 11.5 Å². The van der Waals surface area contributed by atoms with Crippen molar-refractivity contribution in [1.29, 1.82) is 0 Å². The van der Waals surface area contributed by atoms with Crippen molar-refractivity contribution < 1.29 is 23.8 Å². The van der Waals surface area contributed by atoms with Crippen LogP contribution in [0.25, 0.3) is 22.2 Å². The number of para-hydroxylation sites is 1. The van der Waals surface area contributed by atoms with Crippen LogP contribution in [0, 0.1) is 6.92 Å². The molecule has 33 heavy (non-hydrogen) atoms. The molecule has 8 nitrogen and oxygen atoms in total. The first-order valence-corrected chi connectivity index (χ1v) is 11.1. The van der Waals surface area contributed by atoms with Crippen LogP contribution in [0.2, 0.25) is 0 Å². The number of anilines is 1. The molecule has 3 heterocycles. The summed E-state index contributed by atoms with van der Waals surface area (Å²) in [6, 6.07) is 14.7. The lowest BCUT2D eigenvalue weighted by molar-refractivity contribution is 0.0531. The Morgan fingerprint density at radius 1 is 1.09 bits per heavy atom. The lowest BCUT2D eigenvalue weighted by Crippen LogP contribution is -2.13. The predicted molar refractivity (Wildman–Crippen MR) is 124 cm³/mol. The fourth-order valence-electron chi connectivity index (χ4n) is 3.57. The molecule has 0 spiro atoms. The van der Waals surface area contributed by atoms with E-state index < -0.39 is 5.97 Å². The van der Waals surface area contributed by atoms with Crippen LogP contribution in [-0.2, 0) is 4.74 Å². The van der Waals surface area contributed by atoms with Crippen LogP contribution in [-0.4, -0.2) is 35.2 Å². The molecule has 0 radical (unpaired) electrons. The van der Waals surface area contributed by atoms with Crippen LogP contribution in [0.3, 0.4) is 0 Å². The fourth-order valence-corrected chi connectivity index (χ4v) is 4.42. The molecule has 0 saturated carbocycles. The first kappa shape index (κ1) is 20.9. The van der Waals surface area contributed by atoms with Crippen molar-refractivity contribution in [1.82, 2.24) is 9.97 Å². The van der Waals surface area contributed by atoms with E-state index in [0.29, 0.717) is 49.4 Å². The summed E-state index contributed by atoms with van der Waals surface area (Å²) in [6.07, 6.45) is 0. The minimum Gasteiger partial charge on any atom is -0.462 e.